The molecular formula is C15H18FN3. The molecule has 0 saturated carbocycles. The lowest BCUT2D eigenvalue weighted by Gasteiger charge is -2.13. The van der Waals surface area contributed by atoms with Crippen molar-refractivity contribution in [2.45, 2.75) is 33.6 Å². The zero-order valence-electron chi connectivity index (χ0n) is 11.7. The van der Waals surface area contributed by atoms with Gasteiger partial charge in [-0.15, -0.1) is 0 Å². The molecule has 0 atom stereocenters. The normalized spacial score (nSPS) is 11.1. The number of rotatable bonds is 2. The van der Waals surface area contributed by atoms with Crippen molar-refractivity contribution in [3.8, 4) is 11.4 Å². The maximum Gasteiger partial charge on any atom is 0.161 e. The summed E-state index contributed by atoms with van der Waals surface area (Å²) in [7, 11) is 0. The minimum atomic E-state index is -0.229. The van der Waals surface area contributed by atoms with E-state index in [9.17, 15) is 4.39 Å². The summed E-state index contributed by atoms with van der Waals surface area (Å²) in [4.78, 5) is 8.82. The van der Waals surface area contributed by atoms with E-state index in [1.807, 2.05) is 6.92 Å². The van der Waals surface area contributed by atoms with Gasteiger partial charge in [-0.3, -0.25) is 0 Å². The molecule has 19 heavy (non-hydrogen) atoms. The fraction of sp³-hybridized carbons (Fsp3) is 0.333. The maximum atomic E-state index is 13.3. The molecule has 0 aliphatic carbocycles. The van der Waals surface area contributed by atoms with Crippen LogP contribution in [0.5, 0.6) is 0 Å². The van der Waals surface area contributed by atoms with E-state index in [2.05, 4.69) is 23.8 Å². The highest BCUT2D eigenvalue weighted by molar-refractivity contribution is 5.60. The quantitative estimate of drug-likeness (QED) is 0.896. The molecule has 1 aromatic heterocycles. The van der Waals surface area contributed by atoms with Gasteiger partial charge in [0.1, 0.15) is 11.6 Å². The Labute approximate surface area is 112 Å². The van der Waals surface area contributed by atoms with Crippen molar-refractivity contribution >= 4 is 5.82 Å². The van der Waals surface area contributed by atoms with Gasteiger partial charge in [-0.05, 0) is 43.5 Å². The predicted molar refractivity (Wildman–Crippen MR) is 75.4 cm³/mol. The number of nitrogens with two attached hydrogens (primary N) is 1. The number of benzene rings is 1. The standard InChI is InChI=1S/C15H18FN3/c1-8(2)13-10(4)18-15(19-14(13)17)11-5-6-12(16)9(3)7-11/h5-8H,1-4H3,(H2,17,18,19). The number of nitrogens with zero attached hydrogens (tertiary/aromatic N) is 2. The highest BCUT2D eigenvalue weighted by atomic mass is 19.1. The number of hydrogen-bond acceptors (Lipinski definition) is 3. The fourth-order valence-corrected chi connectivity index (χ4v) is 2.23. The van der Waals surface area contributed by atoms with Gasteiger partial charge in [-0.25, -0.2) is 14.4 Å². The molecule has 0 aliphatic rings. The molecule has 4 heteroatoms. The van der Waals surface area contributed by atoms with Crippen LogP contribution in [0.1, 0.15) is 36.6 Å². The number of nitrogen functional groups attached to an aromatic ring is 1. The van der Waals surface area contributed by atoms with Crippen LogP contribution in [0, 0.1) is 19.7 Å². The molecule has 2 N–H and O–H groups in total. The van der Waals surface area contributed by atoms with Gasteiger partial charge < -0.3 is 5.73 Å². The molecule has 0 radical (unpaired) electrons. The van der Waals surface area contributed by atoms with Crippen LogP contribution in [0.4, 0.5) is 10.2 Å². The predicted octanol–water partition coefficient (Wildman–Crippen LogP) is 3.61. The van der Waals surface area contributed by atoms with Gasteiger partial charge in [-0.2, -0.15) is 0 Å². The van der Waals surface area contributed by atoms with Crippen molar-refractivity contribution in [1.82, 2.24) is 9.97 Å². The monoisotopic (exact) mass is 259 g/mol. The van der Waals surface area contributed by atoms with Crippen molar-refractivity contribution in [2.24, 2.45) is 0 Å². The van der Waals surface area contributed by atoms with Crippen molar-refractivity contribution in [2.75, 3.05) is 5.73 Å². The third-order valence-corrected chi connectivity index (χ3v) is 3.16. The van der Waals surface area contributed by atoms with Crippen LogP contribution in [0.15, 0.2) is 18.2 Å². The summed E-state index contributed by atoms with van der Waals surface area (Å²) in [6.45, 7) is 7.76. The van der Waals surface area contributed by atoms with E-state index in [1.54, 1.807) is 19.1 Å². The van der Waals surface area contributed by atoms with E-state index in [-0.39, 0.29) is 11.7 Å². The lowest BCUT2D eigenvalue weighted by atomic mass is 10.0. The molecule has 100 valence electrons. The summed E-state index contributed by atoms with van der Waals surface area (Å²) in [5, 5.41) is 0. The Balaban J connectivity index is 2.55. The second kappa shape index (κ2) is 4.96. The van der Waals surface area contributed by atoms with Crippen LogP contribution in [0.25, 0.3) is 11.4 Å². The van der Waals surface area contributed by atoms with E-state index in [4.69, 9.17) is 5.73 Å². The lowest BCUT2D eigenvalue weighted by molar-refractivity contribution is 0.618. The van der Waals surface area contributed by atoms with Crippen LogP contribution < -0.4 is 5.73 Å². The Morgan fingerprint density at radius 1 is 1.16 bits per heavy atom. The molecule has 3 nitrogen and oxygen atoms in total. The summed E-state index contributed by atoms with van der Waals surface area (Å²) in [5.74, 6) is 1.10. The minimum Gasteiger partial charge on any atom is -0.383 e. The summed E-state index contributed by atoms with van der Waals surface area (Å²) in [6.07, 6.45) is 0. The molecule has 0 spiro atoms. The van der Waals surface area contributed by atoms with Crippen LogP contribution in [0.3, 0.4) is 0 Å². The van der Waals surface area contributed by atoms with Crippen molar-refractivity contribution in [1.29, 1.82) is 0 Å². The largest absolute Gasteiger partial charge is 0.383 e. The molecule has 0 unspecified atom stereocenters. The fourth-order valence-electron chi connectivity index (χ4n) is 2.23. The van der Waals surface area contributed by atoms with Gasteiger partial charge >= 0.3 is 0 Å². The first-order valence-corrected chi connectivity index (χ1v) is 6.30. The Kier molecular flexibility index (Phi) is 3.51. The van der Waals surface area contributed by atoms with Gasteiger partial charge in [0.05, 0.1) is 0 Å². The molecular weight excluding hydrogens is 241 g/mol. The van der Waals surface area contributed by atoms with E-state index in [0.29, 0.717) is 17.2 Å². The van der Waals surface area contributed by atoms with E-state index in [0.717, 1.165) is 16.8 Å². The average Bonchev–Trinajstić information content (AvgIpc) is 2.31. The summed E-state index contributed by atoms with van der Waals surface area (Å²) >= 11 is 0. The van der Waals surface area contributed by atoms with Gasteiger partial charge in [0, 0.05) is 16.8 Å². The van der Waals surface area contributed by atoms with Crippen molar-refractivity contribution < 1.29 is 4.39 Å². The van der Waals surface area contributed by atoms with Crippen molar-refractivity contribution in [3.05, 3.63) is 40.8 Å². The van der Waals surface area contributed by atoms with Crippen molar-refractivity contribution in [3.63, 3.8) is 0 Å². The Hall–Kier alpha value is -1.97. The number of aryl methyl sites for hydroxylation is 2. The molecule has 0 amide bonds. The number of aromatic nitrogens is 2. The topological polar surface area (TPSA) is 51.8 Å². The van der Waals surface area contributed by atoms with E-state index in [1.165, 1.54) is 6.07 Å². The summed E-state index contributed by atoms with van der Waals surface area (Å²) < 4.78 is 13.3. The average molecular weight is 259 g/mol. The van der Waals surface area contributed by atoms with E-state index < -0.39 is 0 Å². The zero-order chi connectivity index (χ0) is 14.2. The molecule has 1 aromatic carbocycles. The van der Waals surface area contributed by atoms with Crippen LogP contribution in [-0.2, 0) is 0 Å². The summed E-state index contributed by atoms with van der Waals surface area (Å²) in [6, 6.07) is 4.83. The van der Waals surface area contributed by atoms with Crippen LogP contribution in [0.2, 0.25) is 0 Å². The highest BCUT2D eigenvalue weighted by Gasteiger charge is 2.13. The first-order chi connectivity index (χ1) is 8.90. The molecule has 1 heterocycles. The second-order valence-corrected chi connectivity index (χ2v) is 5.05. The minimum absolute atomic E-state index is 0.229. The molecule has 0 fully saturated rings. The lowest BCUT2D eigenvalue weighted by Crippen LogP contribution is -2.06. The Bertz CT molecular complexity index is 598. The first kappa shape index (κ1) is 13.5. The maximum absolute atomic E-state index is 13.3. The molecule has 2 aromatic rings. The zero-order valence-corrected chi connectivity index (χ0v) is 11.7. The van der Waals surface area contributed by atoms with E-state index >= 15 is 0 Å². The smallest absolute Gasteiger partial charge is 0.161 e. The second-order valence-electron chi connectivity index (χ2n) is 5.05. The van der Waals surface area contributed by atoms with Gasteiger partial charge in [-0.1, -0.05) is 13.8 Å². The molecule has 0 aliphatic heterocycles. The third kappa shape index (κ3) is 2.57. The number of anilines is 1. The molecule has 2 rings (SSSR count). The van der Waals surface area contributed by atoms with Gasteiger partial charge in [0.2, 0.25) is 0 Å². The van der Waals surface area contributed by atoms with Gasteiger partial charge in [0.15, 0.2) is 5.82 Å². The first-order valence-electron chi connectivity index (χ1n) is 6.30. The molecule has 0 bridgehead atoms. The van der Waals surface area contributed by atoms with Gasteiger partial charge in [0.25, 0.3) is 0 Å². The summed E-state index contributed by atoms with van der Waals surface area (Å²) in [5.41, 5.74) is 9.21. The van der Waals surface area contributed by atoms with Crippen LogP contribution in [-0.4, -0.2) is 9.97 Å². The SMILES string of the molecule is Cc1cc(-c2nc(C)c(C(C)C)c(N)n2)ccc1F. The highest BCUT2D eigenvalue weighted by Crippen LogP contribution is 2.26. The third-order valence-electron chi connectivity index (χ3n) is 3.16. The Morgan fingerprint density at radius 3 is 2.37 bits per heavy atom. The van der Waals surface area contributed by atoms with Crippen LogP contribution >= 0.6 is 0 Å². The number of hydrogen-bond donors (Lipinski definition) is 1. The number of halogens is 1. The Morgan fingerprint density at radius 2 is 1.84 bits per heavy atom. The molecule has 0 saturated heterocycles.